The van der Waals surface area contributed by atoms with Gasteiger partial charge in [0.05, 0.1) is 9.26 Å². The minimum Gasteiger partial charge on any atom is -0.383 e. The molecule has 0 spiro atoms. The smallest absolute Gasteiger partial charge is 0.163 e. The normalized spacial score (nSPS) is 10.4. The molecule has 0 fully saturated rings. The second-order valence-electron chi connectivity index (χ2n) is 4.20. The number of nitrogen functional groups attached to an aromatic ring is 1. The van der Waals surface area contributed by atoms with Gasteiger partial charge in [0.25, 0.3) is 0 Å². The SMILES string of the molecule is Nc1nc(-c2cccnc2)nc(-c2ccccc2)c1I. The van der Waals surface area contributed by atoms with Crippen LogP contribution in [0.4, 0.5) is 5.82 Å². The van der Waals surface area contributed by atoms with E-state index in [2.05, 4.69) is 37.5 Å². The van der Waals surface area contributed by atoms with Gasteiger partial charge in [0.15, 0.2) is 5.82 Å². The first kappa shape index (κ1) is 13.0. The van der Waals surface area contributed by atoms with Gasteiger partial charge < -0.3 is 5.73 Å². The fourth-order valence-corrected chi connectivity index (χ4v) is 2.43. The van der Waals surface area contributed by atoms with E-state index in [0.717, 1.165) is 20.4 Å². The van der Waals surface area contributed by atoms with E-state index in [0.29, 0.717) is 11.6 Å². The lowest BCUT2D eigenvalue weighted by atomic mass is 10.1. The number of hydrogen-bond donors (Lipinski definition) is 1. The number of benzene rings is 1. The molecule has 20 heavy (non-hydrogen) atoms. The summed E-state index contributed by atoms with van der Waals surface area (Å²) in [5.41, 5.74) is 8.74. The third kappa shape index (κ3) is 2.49. The van der Waals surface area contributed by atoms with Crippen molar-refractivity contribution in [1.29, 1.82) is 0 Å². The molecule has 5 heteroatoms. The molecule has 0 aliphatic rings. The Morgan fingerprint density at radius 1 is 0.900 bits per heavy atom. The molecule has 3 rings (SSSR count). The Morgan fingerprint density at radius 3 is 2.35 bits per heavy atom. The number of aromatic nitrogens is 3. The van der Waals surface area contributed by atoms with E-state index in [-0.39, 0.29) is 0 Å². The zero-order valence-corrected chi connectivity index (χ0v) is 12.7. The molecular formula is C15H11IN4. The third-order valence-corrected chi connectivity index (χ3v) is 3.91. The Balaban J connectivity index is 2.19. The predicted molar refractivity (Wildman–Crippen MR) is 87.8 cm³/mol. The van der Waals surface area contributed by atoms with Crippen molar-refractivity contribution in [3.05, 3.63) is 58.4 Å². The lowest BCUT2D eigenvalue weighted by molar-refractivity contribution is 1.16. The van der Waals surface area contributed by atoms with E-state index in [1.54, 1.807) is 12.4 Å². The Kier molecular flexibility index (Phi) is 3.60. The summed E-state index contributed by atoms with van der Waals surface area (Å²) in [6, 6.07) is 13.7. The highest BCUT2D eigenvalue weighted by Crippen LogP contribution is 2.28. The second-order valence-corrected chi connectivity index (χ2v) is 5.28. The van der Waals surface area contributed by atoms with Gasteiger partial charge in [-0.2, -0.15) is 0 Å². The maximum absolute atomic E-state index is 6.02. The molecule has 0 unspecified atom stereocenters. The molecule has 4 nitrogen and oxygen atoms in total. The van der Waals surface area contributed by atoms with Crippen molar-refractivity contribution in [3.63, 3.8) is 0 Å². The zero-order valence-electron chi connectivity index (χ0n) is 10.5. The van der Waals surface area contributed by atoms with Crippen molar-refractivity contribution in [2.24, 2.45) is 0 Å². The van der Waals surface area contributed by atoms with Gasteiger partial charge in [-0.05, 0) is 34.7 Å². The van der Waals surface area contributed by atoms with Crippen molar-refractivity contribution >= 4 is 28.4 Å². The number of rotatable bonds is 2. The van der Waals surface area contributed by atoms with Gasteiger partial charge in [-0.1, -0.05) is 30.3 Å². The Labute approximate surface area is 130 Å². The highest BCUT2D eigenvalue weighted by Gasteiger charge is 2.12. The third-order valence-electron chi connectivity index (χ3n) is 2.84. The molecule has 0 saturated heterocycles. The fourth-order valence-electron chi connectivity index (χ4n) is 1.88. The van der Waals surface area contributed by atoms with Crippen LogP contribution in [0, 0.1) is 3.57 Å². The maximum atomic E-state index is 6.02. The summed E-state index contributed by atoms with van der Waals surface area (Å²) in [4.78, 5) is 13.1. The van der Waals surface area contributed by atoms with Gasteiger partial charge in [-0.15, -0.1) is 0 Å². The number of anilines is 1. The van der Waals surface area contributed by atoms with E-state index in [1.165, 1.54) is 0 Å². The number of hydrogen-bond acceptors (Lipinski definition) is 4. The van der Waals surface area contributed by atoms with E-state index < -0.39 is 0 Å². The predicted octanol–water partition coefficient (Wildman–Crippen LogP) is 3.39. The molecule has 0 radical (unpaired) electrons. The van der Waals surface area contributed by atoms with Crippen LogP contribution in [0.2, 0.25) is 0 Å². The van der Waals surface area contributed by atoms with Crippen molar-refractivity contribution < 1.29 is 0 Å². The fraction of sp³-hybridized carbons (Fsp3) is 0. The molecule has 0 saturated carbocycles. The quantitative estimate of drug-likeness (QED) is 0.699. The molecular weight excluding hydrogens is 363 g/mol. The van der Waals surface area contributed by atoms with Gasteiger partial charge in [0.1, 0.15) is 5.82 Å². The number of halogens is 1. The molecule has 2 N–H and O–H groups in total. The van der Waals surface area contributed by atoms with Gasteiger partial charge in [0, 0.05) is 23.5 Å². The van der Waals surface area contributed by atoms with Crippen LogP contribution in [0.15, 0.2) is 54.9 Å². The molecule has 98 valence electrons. The van der Waals surface area contributed by atoms with Crippen LogP contribution in [-0.4, -0.2) is 15.0 Å². The summed E-state index contributed by atoms with van der Waals surface area (Å²) in [6.07, 6.45) is 3.45. The minimum absolute atomic E-state index is 0.485. The van der Waals surface area contributed by atoms with Crippen LogP contribution in [0.25, 0.3) is 22.6 Å². The summed E-state index contributed by atoms with van der Waals surface area (Å²) in [6.45, 7) is 0. The van der Waals surface area contributed by atoms with Crippen LogP contribution in [-0.2, 0) is 0 Å². The highest BCUT2D eigenvalue weighted by molar-refractivity contribution is 14.1. The van der Waals surface area contributed by atoms with Crippen LogP contribution < -0.4 is 5.73 Å². The van der Waals surface area contributed by atoms with Crippen LogP contribution in [0.5, 0.6) is 0 Å². The molecule has 2 aromatic heterocycles. The first-order valence-electron chi connectivity index (χ1n) is 6.04. The summed E-state index contributed by atoms with van der Waals surface area (Å²) in [7, 11) is 0. The Hall–Kier alpha value is -2.02. The second kappa shape index (κ2) is 5.54. The number of nitrogens with zero attached hydrogens (tertiary/aromatic N) is 3. The minimum atomic E-state index is 0.485. The van der Waals surface area contributed by atoms with Crippen molar-refractivity contribution in [3.8, 4) is 22.6 Å². The summed E-state index contributed by atoms with van der Waals surface area (Å²) < 4.78 is 0.862. The maximum Gasteiger partial charge on any atom is 0.163 e. The number of pyridine rings is 1. The molecule has 0 amide bonds. The molecule has 2 heterocycles. The first-order valence-corrected chi connectivity index (χ1v) is 7.12. The van der Waals surface area contributed by atoms with Crippen molar-refractivity contribution in [2.75, 3.05) is 5.73 Å². The molecule has 1 aromatic carbocycles. The Bertz CT molecular complexity index is 730. The highest BCUT2D eigenvalue weighted by atomic mass is 127. The average molecular weight is 374 g/mol. The van der Waals surface area contributed by atoms with E-state index >= 15 is 0 Å². The molecule has 0 aliphatic carbocycles. The van der Waals surface area contributed by atoms with E-state index in [9.17, 15) is 0 Å². The summed E-state index contributed by atoms with van der Waals surface area (Å²) in [5, 5.41) is 0. The molecule has 0 atom stereocenters. The van der Waals surface area contributed by atoms with Gasteiger partial charge >= 0.3 is 0 Å². The summed E-state index contributed by atoms with van der Waals surface area (Å²) >= 11 is 2.18. The largest absolute Gasteiger partial charge is 0.383 e. The standard InChI is InChI=1S/C15H11IN4/c16-12-13(10-5-2-1-3-6-10)19-15(20-14(12)17)11-7-4-8-18-9-11/h1-9H,(H2,17,19,20). The van der Waals surface area contributed by atoms with Gasteiger partial charge in [0.2, 0.25) is 0 Å². The van der Waals surface area contributed by atoms with E-state index in [4.69, 9.17) is 5.73 Å². The average Bonchev–Trinajstić information content (AvgIpc) is 2.51. The van der Waals surface area contributed by atoms with E-state index in [1.807, 2.05) is 42.5 Å². The van der Waals surface area contributed by atoms with Crippen LogP contribution >= 0.6 is 22.6 Å². The van der Waals surface area contributed by atoms with Gasteiger partial charge in [-0.25, -0.2) is 9.97 Å². The first-order chi connectivity index (χ1) is 9.75. The Morgan fingerprint density at radius 2 is 1.65 bits per heavy atom. The molecule has 0 bridgehead atoms. The lowest BCUT2D eigenvalue weighted by Gasteiger charge is -2.09. The van der Waals surface area contributed by atoms with Crippen LogP contribution in [0.1, 0.15) is 0 Å². The van der Waals surface area contributed by atoms with Crippen molar-refractivity contribution in [2.45, 2.75) is 0 Å². The lowest BCUT2D eigenvalue weighted by Crippen LogP contribution is -2.02. The van der Waals surface area contributed by atoms with Crippen molar-refractivity contribution in [1.82, 2.24) is 15.0 Å². The number of nitrogens with two attached hydrogens (primary N) is 1. The van der Waals surface area contributed by atoms with Gasteiger partial charge in [-0.3, -0.25) is 4.98 Å². The molecule has 0 aliphatic heterocycles. The monoisotopic (exact) mass is 374 g/mol. The van der Waals surface area contributed by atoms with Crippen LogP contribution in [0.3, 0.4) is 0 Å². The summed E-state index contributed by atoms with van der Waals surface area (Å²) in [5.74, 6) is 1.08. The molecule has 3 aromatic rings. The zero-order chi connectivity index (χ0) is 13.9. The topological polar surface area (TPSA) is 64.7 Å².